The molecule has 19 heavy (non-hydrogen) atoms. The highest BCUT2D eigenvalue weighted by Gasteiger charge is 2.30. The molecular weight excluding hydrogens is 232 g/mol. The van der Waals surface area contributed by atoms with E-state index in [0.717, 1.165) is 24.1 Å². The summed E-state index contributed by atoms with van der Waals surface area (Å²) in [5, 5.41) is 0. The lowest BCUT2D eigenvalue weighted by atomic mass is 9.87. The molecule has 2 aromatic carbocycles. The van der Waals surface area contributed by atoms with Gasteiger partial charge in [0.15, 0.2) is 0 Å². The van der Waals surface area contributed by atoms with Crippen LogP contribution in [-0.4, -0.2) is 11.4 Å². The highest BCUT2D eigenvalue weighted by Crippen LogP contribution is 2.28. The van der Waals surface area contributed by atoms with Crippen LogP contribution >= 0.6 is 0 Å². The van der Waals surface area contributed by atoms with Gasteiger partial charge in [-0.25, -0.2) is 0 Å². The summed E-state index contributed by atoms with van der Waals surface area (Å²) in [6.45, 7) is 2.10. The number of nitrogens with zero attached hydrogens (tertiary/aromatic N) is 1. The fraction of sp³-hybridized carbons (Fsp3) is 0.235. The first kappa shape index (κ1) is 12.1. The molecule has 1 atom stereocenters. The second-order valence-electron chi connectivity index (χ2n) is 5.12. The molecule has 2 heteroatoms. The maximum absolute atomic E-state index is 6.41. The fourth-order valence-electron chi connectivity index (χ4n) is 2.58. The summed E-state index contributed by atoms with van der Waals surface area (Å²) < 4.78 is 0. The first-order valence-corrected chi connectivity index (χ1v) is 6.74. The van der Waals surface area contributed by atoms with E-state index in [0.29, 0.717) is 0 Å². The molecule has 0 aromatic heterocycles. The lowest BCUT2D eigenvalue weighted by molar-refractivity contribution is 0.423. The molecule has 2 aromatic rings. The van der Waals surface area contributed by atoms with Gasteiger partial charge in [-0.05, 0) is 12.0 Å². The molecule has 2 nitrogen and oxygen atoms in total. The Kier molecular flexibility index (Phi) is 2.96. The summed E-state index contributed by atoms with van der Waals surface area (Å²) in [5.41, 5.74) is 10.6. The highest BCUT2D eigenvalue weighted by molar-refractivity contribution is 6.14. The van der Waals surface area contributed by atoms with Crippen LogP contribution in [0.1, 0.15) is 30.0 Å². The molecule has 0 saturated carbocycles. The van der Waals surface area contributed by atoms with E-state index in [4.69, 9.17) is 10.7 Å². The van der Waals surface area contributed by atoms with Crippen LogP contribution in [0, 0.1) is 0 Å². The van der Waals surface area contributed by atoms with Crippen molar-refractivity contribution in [1.82, 2.24) is 0 Å². The first-order chi connectivity index (χ1) is 9.22. The fourth-order valence-corrected chi connectivity index (χ4v) is 2.58. The molecule has 0 amide bonds. The summed E-state index contributed by atoms with van der Waals surface area (Å²) in [7, 11) is 0. The van der Waals surface area contributed by atoms with Crippen molar-refractivity contribution in [1.29, 1.82) is 0 Å². The molecule has 0 fully saturated rings. The molecule has 0 aliphatic carbocycles. The molecule has 96 valence electrons. The average Bonchev–Trinajstić information content (AvgIpc) is 2.47. The lowest BCUT2D eigenvalue weighted by Gasteiger charge is -2.31. The quantitative estimate of drug-likeness (QED) is 0.873. The Morgan fingerprint density at radius 2 is 1.74 bits per heavy atom. The normalized spacial score (nSPS) is 21.7. The van der Waals surface area contributed by atoms with Gasteiger partial charge in [-0.1, -0.05) is 61.5 Å². The van der Waals surface area contributed by atoms with Crippen molar-refractivity contribution < 1.29 is 0 Å². The molecule has 3 rings (SSSR count). The van der Waals surface area contributed by atoms with Crippen LogP contribution in [0.5, 0.6) is 0 Å². The van der Waals surface area contributed by atoms with Crippen LogP contribution in [0.3, 0.4) is 0 Å². The second kappa shape index (κ2) is 4.63. The SMILES string of the molecule is CCC1(N)Cc2ccccc2C(c2ccccc2)=N1. The molecule has 1 heterocycles. The standard InChI is InChI=1S/C17H18N2/c1-2-17(18)12-14-10-6-7-11-15(14)16(19-17)13-8-4-3-5-9-13/h3-11H,2,12,18H2,1H3. The number of rotatable bonds is 2. The van der Waals surface area contributed by atoms with E-state index in [-0.39, 0.29) is 0 Å². The lowest BCUT2D eigenvalue weighted by Crippen LogP contribution is -2.43. The van der Waals surface area contributed by atoms with Gasteiger partial charge >= 0.3 is 0 Å². The van der Waals surface area contributed by atoms with E-state index < -0.39 is 5.66 Å². The molecule has 2 N–H and O–H groups in total. The number of hydrogen-bond donors (Lipinski definition) is 1. The van der Waals surface area contributed by atoms with Crippen molar-refractivity contribution in [3.05, 3.63) is 71.3 Å². The van der Waals surface area contributed by atoms with E-state index in [1.54, 1.807) is 0 Å². The number of hydrogen-bond acceptors (Lipinski definition) is 2. The van der Waals surface area contributed by atoms with Gasteiger partial charge in [0.25, 0.3) is 0 Å². The summed E-state index contributed by atoms with van der Waals surface area (Å²) in [6, 6.07) is 18.7. The predicted octanol–water partition coefficient (Wildman–Crippen LogP) is 3.15. The Labute approximate surface area is 114 Å². The van der Waals surface area contributed by atoms with Gasteiger partial charge in [0.1, 0.15) is 5.66 Å². The van der Waals surface area contributed by atoms with Gasteiger partial charge in [-0.2, -0.15) is 0 Å². The third-order valence-electron chi connectivity index (χ3n) is 3.76. The first-order valence-electron chi connectivity index (χ1n) is 6.74. The third-order valence-corrected chi connectivity index (χ3v) is 3.76. The number of fused-ring (bicyclic) bond motifs is 1. The topological polar surface area (TPSA) is 38.4 Å². The van der Waals surface area contributed by atoms with Crippen molar-refractivity contribution in [2.45, 2.75) is 25.4 Å². The van der Waals surface area contributed by atoms with Crippen LogP contribution < -0.4 is 5.73 Å². The Bertz CT molecular complexity index is 616. The van der Waals surface area contributed by atoms with E-state index in [2.05, 4.69) is 43.3 Å². The minimum Gasteiger partial charge on any atom is -0.307 e. The largest absolute Gasteiger partial charge is 0.307 e. The Morgan fingerprint density at radius 3 is 2.47 bits per heavy atom. The zero-order chi connectivity index (χ0) is 13.3. The molecule has 0 saturated heterocycles. The van der Waals surface area contributed by atoms with Gasteiger partial charge < -0.3 is 5.73 Å². The van der Waals surface area contributed by atoms with Gasteiger partial charge in [0, 0.05) is 17.5 Å². The van der Waals surface area contributed by atoms with E-state index >= 15 is 0 Å². The second-order valence-corrected chi connectivity index (χ2v) is 5.12. The summed E-state index contributed by atoms with van der Waals surface area (Å²) >= 11 is 0. The van der Waals surface area contributed by atoms with Gasteiger partial charge in [0.2, 0.25) is 0 Å². The van der Waals surface area contributed by atoms with Crippen molar-refractivity contribution in [2.75, 3.05) is 0 Å². The van der Waals surface area contributed by atoms with Crippen LogP contribution in [0.15, 0.2) is 59.6 Å². The summed E-state index contributed by atoms with van der Waals surface area (Å²) in [5.74, 6) is 0. The monoisotopic (exact) mass is 250 g/mol. The van der Waals surface area contributed by atoms with Crippen molar-refractivity contribution in [3.8, 4) is 0 Å². The summed E-state index contributed by atoms with van der Waals surface area (Å²) in [4.78, 5) is 4.84. The van der Waals surface area contributed by atoms with E-state index in [1.165, 1.54) is 11.1 Å². The van der Waals surface area contributed by atoms with Gasteiger partial charge in [-0.3, -0.25) is 4.99 Å². The number of aliphatic imine (C=N–C) groups is 1. The molecule has 0 bridgehead atoms. The molecule has 0 spiro atoms. The number of benzene rings is 2. The van der Waals surface area contributed by atoms with E-state index in [9.17, 15) is 0 Å². The third kappa shape index (κ3) is 2.20. The average molecular weight is 250 g/mol. The maximum Gasteiger partial charge on any atom is 0.112 e. The van der Waals surface area contributed by atoms with Crippen molar-refractivity contribution in [3.63, 3.8) is 0 Å². The predicted molar refractivity (Wildman–Crippen MR) is 79.4 cm³/mol. The summed E-state index contributed by atoms with van der Waals surface area (Å²) in [6.07, 6.45) is 1.66. The Morgan fingerprint density at radius 1 is 1.05 bits per heavy atom. The zero-order valence-corrected chi connectivity index (χ0v) is 11.1. The molecule has 0 radical (unpaired) electrons. The Hall–Kier alpha value is -1.93. The molecular formula is C17H18N2. The highest BCUT2D eigenvalue weighted by atomic mass is 15.0. The van der Waals surface area contributed by atoms with Crippen LogP contribution in [0.2, 0.25) is 0 Å². The number of nitrogens with two attached hydrogens (primary N) is 1. The molecule has 1 aliphatic heterocycles. The van der Waals surface area contributed by atoms with E-state index in [1.807, 2.05) is 18.2 Å². The van der Waals surface area contributed by atoms with Crippen LogP contribution in [0.4, 0.5) is 0 Å². The maximum atomic E-state index is 6.41. The minimum absolute atomic E-state index is 0.473. The molecule has 1 aliphatic rings. The Balaban J connectivity index is 2.19. The van der Waals surface area contributed by atoms with Crippen molar-refractivity contribution >= 4 is 5.71 Å². The zero-order valence-electron chi connectivity index (χ0n) is 11.1. The smallest absolute Gasteiger partial charge is 0.112 e. The molecule has 1 unspecified atom stereocenters. The minimum atomic E-state index is -0.473. The van der Waals surface area contributed by atoms with Crippen LogP contribution in [0.25, 0.3) is 0 Å². The van der Waals surface area contributed by atoms with Crippen LogP contribution in [-0.2, 0) is 6.42 Å². The van der Waals surface area contributed by atoms with Gasteiger partial charge in [0.05, 0.1) is 5.71 Å². The van der Waals surface area contributed by atoms with Crippen molar-refractivity contribution in [2.24, 2.45) is 10.7 Å². The van der Waals surface area contributed by atoms with Gasteiger partial charge in [-0.15, -0.1) is 0 Å².